The molecule has 4 heteroatoms. The largest absolute Gasteiger partial charge is 0.422 e. The quantitative estimate of drug-likeness (QED) is 0.693. The Kier molecular flexibility index (Phi) is 4.57. The van der Waals surface area contributed by atoms with E-state index in [1.807, 2.05) is 60.7 Å². The minimum absolute atomic E-state index is 0.0696. The summed E-state index contributed by atoms with van der Waals surface area (Å²) < 4.78 is 7.06. The van der Waals surface area contributed by atoms with Crippen molar-refractivity contribution in [3.8, 4) is 22.5 Å². The van der Waals surface area contributed by atoms with Crippen molar-refractivity contribution in [3.05, 3.63) is 81.6 Å². The van der Waals surface area contributed by atoms with Crippen molar-refractivity contribution in [3.63, 3.8) is 0 Å². The number of hydrogen-bond acceptors (Lipinski definition) is 3. The van der Waals surface area contributed by atoms with E-state index in [0.29, 0.717) is 11.3 Å². The second-order valence-electron chi connectivity index (χ2n) is 6.77. The minimum atomic E-state index is -0.555. The van der Waals surface area contributed by atoms with Crippen LogP contribution in [0.1, 0.15) is 38.1 Å². The monoisotopic (exact) mass is 347 g/mol. The molecule has 3 aromatic rings. The molecule has 26 heavy (non-hydrogen) atoms. The first kappa shape index (κ1) is 16.6. The van der Waals surface area contributed by atoms with Crippen LogP contribution in [0.3, 0.4) is 0 Å². The molecule has 0 spiro atoms. The van der Waals surface area contributed by atoms with Gasteiger partial charge in [-0.2, -0.15) is 0 Å². The van der Waals surface area contributed by atoms with Crippen molar-refractivity contribution in [2.24, 2.45) is 0 Å². The van der Waals surface area contributed by atoms with Gasteiger partial charge in [-0.3, -0.25) is 4.79 Å². The van der Waals surface area contributed by atoms with Gasteiger partial charge in [0, 0.05) is 11.6 Å². The number of nitrogens with zero attached hydrogens (tertiary/aromatic N) is 1. The maximum Gasteiger partial charge on any atom is 0.422 e. The summed E-state index contributed by atoms with van der Waals surface area (Å²) in [5.41, 5.74) is 1.71. The van der Waals surface area contributed by atoms with E-state index in [1.54, 1.807) is 0 Å². The Morgan fingerprint density at radius 2 is 1.35 bits per heavy atom. The lowest BCUT2D eigenvalue weighted by molar-refractivity contribution is 0.304. The van der Waals surface area contributed by atoms with Gasteiger partial charge in [0.1, 0.15) is 0 Å². The number of aromatic nitrogens is 1. The van der Waals surface area contributed by atoms with E-state index in [-0.39, 0.29) is 11.6 Å². The predicted octanol–water partition coefficient (Wildman–Crippen LogP) is 4.64. The second-order valence-corrected chi connectivity index (χ2v) is 6.77. The summed E-state index contributed by atoms with van der Waals surface area (Å²) in [6, 6.07) is 18.7. The van der Waals surface area contributed by atoms with Crippen LogP contribution in [-0.4, -0.2) is 4.57 Å². The highest BCUT2D eigenvalue weighted by molar-refractivity contribution is 5.78. The van der Waals surface area contributed by atoms with E-state index in [0.717, 1.165) is 43.2 Å². The smallest absolute Gasteiger partial charge is 0.408 e. The molecule has 0 unspecified atom stereocenters. The molecule has 0 atom stereocenters. The average molecular weight is 347 g/mol. The van der Waals surface area contributed by atoms with Crippen LogP contribution in [-0.2, 0) is 0 Å². The Bertz CT molecular complexity index is 997. The molecule has 0 N–H and O–H groups in total. The number of benzene rings is 2. The zero-order chi connectivity index (χ0) is 17.9. The molecule has 1 aromatic heterocycles. The minimum Gasteiger partial charge on any atom is -0.408 e. The molecule has 4 nitrogen and oxygen atoms in total. The van der Waals surface area contributed by atoms with Gasteiger partial charge < -0.3 is 4.42 Å². The highest BCUT2D eigenvalue weighted by Crippen LogP contribution is 2.31. The summed E-state index contributed by atoms with van der Waals surface area (Å²) in [6.45, 7) is 0. The lowest BCUT2D eigenvalue weighted by Gasteiger charge is -2.23. The Morgan fingerprint density at radius 3 is 1.96 bits per heavy atom. The van der Waals surface area contributed by atoms with Crippen molar-refractivity contribution in [2.75, 3.05) is 0 Å². The fourth-order valence-corrected chi connectivity index (χ4v) is 3.79. The molecule has 0 saturated heterocycles. The first-order valence-electron chi connectivity index (χ1n) is 9.16. The van der Waals surface area contributed by atoms with Crippen molar-refractivity contribution in [1.29, 1.82) is 0 Å². The second kappa shape index (κ2) is 7.16. The van der Waals surface area contributed by atoms with Gasteiger partial charge in [-0.25, -0.2) is 9.36 Å². The molecule has 2 aromatic carbocycles. The lowest BCUT2D eigenvalue weighted by atomic mass is 9.95. The van der Waals surface area contributed by atoms with Crippen LogP contribution in [0.15, 0.2) is 74.7 Å². The maximum atomic E-state index is 13.4. The van der Waals surface area contributed by atoms with E-state index in [2.05, 4.69) is 0 Å². The third kappa shape index (κ3) is 3.03. The van der Waals surface area contributed by atoms with E-state index in [4.69, 9.17) is 4.42 Å². The molecule has 1 heterocycles. The Hall–Kier alpha value is -2.88. The summed E-state index contributed by atoms with van der Waals surface area (Å²) in [5, 5.41) is 0. The van der Waals surface area contributed by atoms with Gasteiger partial charge in [-0.15, -0.1) is 0 Å². The van der Waals surface area contributed by atoms with Gasteiger partial charge >= 0.3 is 5.76 Å². The summed E-state index contributed by atoms with van der Waals surface area (Å²) in [6.07, 6.45) is 4.94. The molecule has 0 radical (unpaired) electrons. The van der Waals surface area contributed by atoms with Crippen LogP contribution in [0.4, 0.5) is 0 Å². The van der Waals surface area contributed by atoms with Gasteiger partial charge in [0.05, 0.1) is 5.56 Å². The van der Waals surface area contributed by atoms with Crippen LogP contribution in [0.25, 0.3) is 22.5 Å². The molecule has 0 aliphatic heterocycles. The zero-order valence-electron chi connectivity index (χ0n) is 14.6. The van der Waals surface area contributed by atoms with Gasteiger partial charge in [0.15, 0.2) is 5.76 Å². The fraction of sp³-hybridized carbons (Fsp3) is 0.273. The Balaban J connectivity index is 1.99. The van der Waals surface area contributed by atoms with Crippen LogP contribution in [0, 0.1) is 0 Å². The van der Waals surface area contributed by atoms with E-state index < -0.39 is 5.76 Å². The topological polar surface area (TPSA) is 52.2 Å². The number of hydrogen-bond donors (Lipinski definition) is 0. The van der Waals surface area contributed by atoms with Gasteiger partial charge in [0.25, 0.3) is 5.56 Å². The van der Waals surface area contributed by atoms with Crippen molar-refractivity contribution in [2.45, 2.75) is 38.1 Å². The van der Waals surface area contributed by atoms with Gasteiger partial charge in [-0.05, 0) is 18.4 Å². The van der Waals surface area contributed by atoms with Crippen molar-refractivity contribution in [1.82, 2.24) is 4.57 Å². The molecule has 0 amide bonds. The predicted molar refractivity (Wildman–Crippen MR) is 102 cm³/mol. The summed E-state index contributed by atoms with van der Waals surface area (Å²) in [4.78, 5) is 26.1. The van der Waals surface area contributed by atoms with E-state index in [9.17, 15) is 9.59 Å². The molecule has 132 valence electrons. The number of rotatable bonds is 3. The van der Waals surface area contributed by atoms with Gasteiger partial charge in [0.2, 0.25) is 0 Å². The zero-order valence-corrected chi connectivity index (χ0v) is 14.6. The van der Waals surface area contributed by atoms with Gasteiger partial charge in [-0.1, -0.05) is 79.9 Å². The maximum absolute atomic E-state index is 13.4. The van der Waals surface area contributed by atoms with Crippen molar-refractivity contribution >= 4 is 0 Å². The summed E-state index contributed by atoms with van der Waals surface area (Å²) >= 11 is 0. The third-order valence-corrected chi connectivity index (χ3v) is 5.08. The van der Waals surface area contributed by atoms with Crippen molar-refractivity contribution < 1.29 is 4.42 Å². The highest BCUT2D eigenvalue weighted by atomic mass is 16.4. The lowest BCUT2D eigenvalue weighted by Crippen LogP contribution is -2.38. The molecule has 4 rings (SSSR count). The van der Waals surface area contributed by atoms with Crippen LogP contribution < -0.4 is 11.3 Å². The van der Waals surface area contributed by atoms with E-state index in [1.165, 1.54) is 4.57 Å². The first-order chi connectivity index (χ1) is 12.8. The standard InChI is InChI=1S/C22H21NO3/c24-21-19(16-10-4-1-5-11-16)20(17-12-6-2-7-13-17)26-22(25)23(21)18-14-8-3-9-15-18/h1-2,4-7,10-13,18H,3,8-9,14-15H2. The summed E-state index contributed by atoms with van der Waals surface area (Å²) in [7, 11) is 0. The Labute approximate surface area is 151 Å². The Morgan fingerprint density at radius 1 is 0.769 bits per heavy atom. The molecule has 1 saturated carbocycles. The SMILES string of the molecule is O=c1oc(-c2ccccc2)c(-c2ccccc2)c(=O)n1C1CCCCC1. The average Bonchev–Trinajstić information content (AvgIpc) is 2.70. The van der Waals surface area contributed by atoms with Crippen LogP contribution in [0.5, 0.6) is 0 Å². The highest BCUT2D eigenvalue weighted by Gasteiger charge is 2.25. The third-order valence-electron chi connectivity index (χ3n) is 5.08. The molecule has 0 bridgehead atoms. The molecular weight excluding hydrogens is 326 g/mol. The fourth-order valence-electron chi connectivity index (χ4n) is 3.79. The molecular formula is C22H21NO3. The van der Waals surface area contributed by atoms with E-state index >= 15 is 0 Å². The molecule has 1 aliphatic rings. The van der Waals surface area contributed by atoms with Crippen LogP contribution >= 0.6 is 0 Å². The molecule has 1 fully saturated rings. The first-order valence-corrected chi connectivity index (χ1v) is 9.16. The molecule has 1 aliphatic carbocycles. The summed E-state index contributed by atoms with van der Waals surface area (Å²) in [5.74, 6) is -0.209. The van der Waals surface area contributed by atoms with Crippen LogP contribution in [0.2, 0.25) is 0 Å². The normalized spacial score (nSPS) is 15.1.